The van der Waals surface area contributed by atoms with Crippen LogP contribution in [-0.4, -0.2) is 30.7 Å². The van der Waals surface area contributed by atoms with E-state index in [0.29, 0.717) is 12.3 Å². The van der Waals surface area contributed by atoms with Gasteiger partial charge in [-0.25, -0.2) is 4.98 Å². The number of hydrogen-bond donors (Lipinski definition) is 0. The number of imidazole rings is 1. The molecule has 0 aliphatic carbocycles. The van der Waals surface area contributed by atoms with Crippen molar-refractivity contribution in [1.29, 1.82) is 0 Å². The molecule has 2 aromatic heterocycles. The molecule has 2 aromatic rings. The Morgan fingerprint density at radius 3 is 2.74 bits per heavy atom. The second kappa shape index (κ2) is 5.22. The van der Waals surface area contributed by atoms with E-state index in [4.69, 9.17) is 4.18 Å². The smallest absolute Gasteiger partial charge is 0.264 e. The lowest BCUT2D eigenvalue weighted by Gasteiger charge is -2.02. The van der Waals surface area contributed by atoms with Gasteiger partial charge < -0.3 is 0 Å². The summed E-state index contributed by atoms with van der Waals surface area (Å²) in [5.41, 5.74) is 2.12. The zero-order chi connectivity index (χ0) is 14.2. The van der Waals surface area contributed by atoms with E-state index in [-0.39, 0.29) is 6.61 Å². The first kappa shape index (κ1) is 14.5. The molecule has 0 radical (unpaired) electrons. The molecule has 0 fully saturated rings. The maximum absolute atomic E-state index is 11.0. The largest absolute Gasteiger partial charge is 0.294 e. The first-order valence-electron chi connectivity index (χ1n) is 6.09. The maximum atomic E-state index is 11.0. The molecule has 0 saturated carbocycles. The lowest BCUT2D eigenvalue weighted by atomic mass is 10.2. The van der Waals surface area contributed by atoms with Crippen LogP contribution in [0.1, 0.15) is 36.0 Å². The van der Waals surface area contributed by atoms with Crippen molar-refractivity contribution in [1.82, 2.24) is 9.38 Å². The number of aromatic nitrogens is 2. The Labute approximate surface area is 117 Å². The van der Waals surface area contributed by atoms with Gasteiger partial charge in [-0.1, -0.05) is 13.8 Å². The van der Waals surface area contributed by atoms with E-state index in [9.17, 15) is 8.42 Å². The van der Waals surface area contributed by atoms with Crippen molar-refractivity contribution in [2.45, 2.75) is 33.1 Å². The van der Waals surface area contributed by atoms with Crippen molar-refractivity contribution in [3.8, 4) is 0 Å². The van der Waals surface area contributed by atoms with E-state index in [1.54, 1.807) is 11.3 Å². The Morgan fingerprint density at radius 1 is 1.47 bits per heavy atom. The summed E-state index contributed by atoms with van der Waals surface area (Å²) in [5, 5.41) is 0. The minimum absolute atomic E-state index is 0.167. The van der Waals surface area contributed by atoms with Crippen LogP contribution in [-0.2, 0) is 20.7 Å². The lowest BCUT2D eigenvalue weighted by molar-refractivity contribution is 0.324. The molecule has 19 heavy (non-hydrogen) atoms. The summed E-state index contributed by atoms with van der Waals surface area (Å²) in [6.07, 6.45) is 3.66. The molecule has 2 rings (SSSR count). The van der Waals surface area contributed by atoms with E-state index in [0.717, 1.165) is 27.5 Å². The maximum Gasteiger partial charge on any atom is 0.264 e. The minimum atomic E-state index is -3.37. The standard InChI is InChI=1S/C12H18N2O3S2/c1-8(2)10-7-14-11(5-6-17-19(4,15)16)9(3)18-12(14)13-10/h7-8H,5-6H2,1-4H3. The van der Waals surface area contributed by atoms with Gasteiger partial charge in [0, 0.05) is 23.2 Å². The van der Waals surface area contributed by atoms with Crippen molar-refractivity contribution < 1.29 is 12.6 Å². The number of aryl methyl sites for hydroxylation is 1. The van der Waals surface area contributed by atoms with Gasteiger partial charge in [-0.2, -0.15) is 8.42 Å². The molecular formula is C12H18N2O3S2. The lowest BCUT2D eigenvalue weighted by Crippen LogP contribution is -2.07. The van der Waals surface area contributed by atoms with Crippen molar-refractivity contribution >= 4 is 26.4 Å². The van der Waals surface area contributed by atoms with Crippen LogP contribution in [0.2, 0.25) is 0 Å². The molecule has 0 aliphatic rings. The first-order valence-corrected chi connectivity index (χ1v) is 8.73. The van der Waals surface area contributed by atoms with Gasteiger partial charge >= 0.3 is 0 Å². The average molecular weight is 302 g/mol. The van der Waals surface area contributed by atoms with Crippen LogP contribution in [0.5, 0.6) is 0 Å². The monoisotopic (exact) mass is 302 g/mol. The van der Waals surface area contributed by atoms with Gasteiger partial charge in [0.15, 0.2) is 4.96 Å². The fourth-order valence-corrected chi connectivity index (χ4v) is 3.27. The van der Waals surface area contributed by atoms with Crippen molar-refractivity contribution in [2.75, 3.05) is 12.9 Å². The third-order valence-electron chi connectivity index (χ3n) is 2.86. The van der Waals surface area contributed by atoms with Crippen molar-refractivity contribution in [3.05, 3.63) is 22.5 Å². The van der Waals surface area contributed by atoms with Crippen LogP contribution in [0.15, 0.2) is 6.20 Å². The van der Waals surface area contributed by atoms with Gasteiger partial charge in [0.25, 0.3) is 10.1 Å². The molecule has 0 aliphatic heterocycles. The topological polar surface area (TPSA) is 60.7 Å². The predicted octanol–water partition coefficient (Wildman–Crippen LogP) is 2.35. The highest BCUT2D eigenvalue weighted by molar-refractivity contribution is 7.85. The highest BCUT2D eigenvalue weighted by atomic mass is 32.2. The summed E-state index contributed by atoms with van der Waals surface area (Å²) in [7, 11) is -3.37. The van der Waals surface area contributed by atoms with Gasteiger partial charge in [-0.05, 0) is 12.8 Å². The van der Waals surface area contributed by atoms with Crippen LogP contribution in [0.3, 0.4) is 0 Å². The molecule has 5 nitrogen and oxygen atoms in total. The number of rotatable bonds is 5. The summed E-state index contributed by atoms with van der Waals surface area (Å²) in [6.45, 7) is 6.39. The van der Waals surface area contributed by atoms with E-state index in [2.05, 4.69) is 18.8 Å². The molecule has 0 atom stereocenters. The molecule has 0 N–H and O–H groups in total. The predicted molar refractivity (Wildman–Crippen MR) is 76.4 cm³/mol. The van der Waals surface area contributed by atoms with Gasteiger partial charge in [0.1, 0.15) is 0 Å². The molecule has 0 spiro atoms. The summed E-state index contributed by atoms with van der Waals surface area (Å²) in [6, 6.07) is 0. The third kappa shape index (κ3) is 3.34. The Balaban J connectivity index is 2.24. The number of hydrogen-bond acceptors (Lipinski definition) is 5. The minimum Gasteiger partial charge on any atom is -0.294 e. The molecule has 2 heterocycles. The summed E-state index contributed by atoms with van der Waals surface area (Å²) < 4.78 is 28.8. The Morgan fingerprint density at radius 2 is 2.16 bits per heavy atom. The molecular weight excluding hydrogens is 284 g/mol. The van der Waals surface area contributed by atoms with Crippen LogP contribution >= 0.6 is 11.3 Å². The van der Waals surface area contributed by atoms with E-state index < -0.39 is 10.1 Å². The van der Waals surface area contributed by atoms with E-state index in [1.807, 2.05) is 17.5 Å². The highest BCUT2D eigenvalue weighted by Crippen LogP contribution is 2.25. The zero-order valence-corrected chi connectivity index (χ0v) is 13.1. The van der Waals surface area contributed by atoms with Crippen LogP contribution < -0.4 is 0 Å². The normalized spacial score (nSPS) is 12.7. The third-order valence-corrected chi connectivity index (χ3v) is 4.47. The van der Waals surface area contributed by atoms with E-state index in [1.165, 1.54) is 0 Å². The summed E-state index contributed by atoms with van der Waals surface area (Å²) in [5.74, 6) is 0.382. The zero-order valence-electron chi connectivity index (χ0n) is 11.5. The fraction of sp³-hybridized carbons (Fsp3) is 0.583. The van der Waals surface area contributed by atoms with Crippen LogP contribution in [0, 0.1) is 6.92 Å². The highest BCUT2D eigenvalue weighted by Gasteiger charge is 2.14. The molecule has 0 amide bonds. The first-order chi connectivity index (χ1) is 8.78. The summed E-state index contributed by atoms with van der Waals surface area (Å²) in [4.78, 5) is 6.68. The molecule has 0 bridgehead atoms. The van der Waals surface area contributed by atoms with Gasteiger partial charge in [0.2, 0.25) is 0 Å². The average Bonchev–Trinajstić information content (AvgIpc) is 2.76. The van der Waals surface area contributed by atoms with Crippen molar-refractivity contribution in [2.24, 2.45) is 0 Å². The van der Waals surface area contributed by atoms with Gasteiger partial charge in [-0.15, -0.1) is 11.3 Å². The second-order valence-electron chi connectivity index (χ2n) is 4.85. The van der Waals surface area contributed by atoms with Crippen LogP contribution in [0.25, 0.3) is 4.96 Å². The van der Waals surface area contributed by atoms with Crippen molar-refractivity contribution in [3.63, 3.8) is 0 Å². The SMILES string of the molecule is Cc1sc2nc(C(C)C)cn2c1CCOS(C)(=O)=O. The number of fused-ring (bicyclic) bond motifs is 1. The summed E-state index contributed by atoms with van der Waals surface area (Å²) >= 11 is 1.62. The molecule has 0 unspecified atom stereocenters. The quantitative estimate of drug-likeness (QED) is 0.795. The number of nitrogens with zero attached hydrogens (tertiary/aromatic N) is 2. The Bertz CT molecular complexity index is 683. The molecule has 106 valence electrons. The molecule has 7 heteroatoms. The van der Waals surface area contributed by atoms with Gasteiger partial charge in [0.05, 0.1) is 18.6 Å². The molecule has 0 aromatic carbocycles. The fourth-order valence-electron chi connectivity index (χ4n) is 1.88. The number of thiazole rings is 1. The van der Waals surface area contributed by atoms with Crippen LogP contribution in [0.4, 0.5) is 0 Å². The Kier molecular flexibility index (Phi) is 3.98. The van der Waals surface area contributed by atoms with Gasteiger partial charge in [-0.3, -0.25) is 8.58 Å². The van der Waals surface area contributed by atoms with E-state index >= 15 is 0 Å². The second-order valence-corrected chi connectivity index (χ2v) is 7.68. The molecule has 0 saturated heterocycles. The Hall–Kier alpha value is -0.920.